The van der Waals surface area contributed by atoms with E-state index in [1.807, 2.05) is 17.9 Å². The lowest BCUT2D eigenvalue weighted by Crippen LogP contribution is -2.41. The Bertz CT molecular complexity index is 944. The molecule has 10 heteroatoms. The molecule has 1 unspecified atom stereocenters. The van der Waals surface area contributed by atoms with Gasteiger partial charge in [-0.2, -0.15) is 5.10 Å². The maximum atomic E-state index is 11.5. The molecule has 1 saturated heterocycles. The first kappa shape index (κ1) is 24.4. The molecule has 0 amide bonds. The third-order valence-electron chi connectivity index (χ3n) is 4.99. The normalized spacial score (nSPS) is 17.0. The number of hydrogen-bond acceptors (Lipinski definition) is 5. The van der Waals surface area contributed by atoms with Crippen molar-refractivity contribution in [2.75, 3.05) is 39.5 Å². The van der Waals surface area contributed by atoms with Crippen LogP contribution in [0.2, 0.25) is 0 Å². The van der Waals surface area contributed by atoms with Crippen molar-refractivity contribution in [2.45, 2.75) is 17.7 Å². The first-order valence-electron chi connectivity index (χ1n) is 9.71. The average molecular weight is 547 g/mol. The number of aromatic nitrogens is 2. The molecule has 1 aromatic carbocycles. The quantitative estimate of drug-likeness (QED) is 0.247. The Kier molecular flexibility index (Phi) is 8.95. The van der Waals surface area contributed by atoms with E-state index >= 15 is 0 Å². The zero-order valence-electron chi connectivity index (χ0n) is 17.6. The van der Waals surface area contributed by atoms with Gasteiger partial charge in [0.2, 0.25) is 0 Å². The molecule has 1 fully saturated rings. The fourth-order valence-electron chi connectivity index (χ4n) is 3.55. The number of rotatable bonds is 7. The third-order valence-corrected chi connectivity index (χ3v) is 6.11. The minimum atomic E-state index is -3.19. The first-order valence-corrected chi connectivity index (χ1v) is 11.6. The number of nitrogens with one attached hydrogen (secondary N) is 1. The number of likely N-dealkylation sites (tertiary alicyclic amines) is 1. The summed E-state index contributed by atoms with van der Waals surface area (Å²) in [6.45, 7) is 3.04. The highest BCUT2D eigenvalue weighted by Gasteiger charge is 2.25. The number of guanidine groups is 1. The lowest BCUT2D eigenvalue weighted by atomic mass is 10.0. The zero-order valence-corrected chi connectivity index (χ0v) is 20.8. The van der Waals surface area contributed by atoms with E-state index in [0.717, 1.165) is 31.9 Å². The van der Waals surface area contributed by atoms with Crippen molar-refractivity contribution in [1.82, 2.24) is 20.0 Å². The van der Waals surface area contributed by atoms with E-state index in [4.69, 9.17) is 4.74 Å². The Labute approximate surface area is 195 Å². The van der Waals surface area contributed by atoms with Gasteiger partial charge < -0.3 is 15.0 Å². The molecular formula is C20H30IN5O3S. The SMILES string of the molecule is CN=C(NCCOc1ccc(S(C)(=O)=O)cc1)N1CCC(Cc2cnn(C)c2)C1.I. The van der Waals surface area contributed by atoms with Crippen molar-refractivity contribution >= 4 is 39.8 Å². The van der Waals surface area contributed by atoms with Crippen LogP contribution in [0.1, 0.15) is 12.0 Å². The van der Waals surface area contributed by atoms with Crippen LogP contribution in [0.3, 0.4) is 0 Å². The van der Waals surface area contributed by atoms with E-state index in [1.165, 1.54) is 11.8 Å². The monoisotopic (exact) mass is 547 g/mol. The van der Waals surface area contributed by atoms with Crippen LogP contribution < -0.4 is 10.1 Å². The molecule has 0 bridgehead atoms. The molecule has 2 heterocycles. The second kappa shape index (κ2) is 11.0. The fourth-order valence-corrected chi connectivity index (χ4v) is 4.18. The van der Waals surface area contributed by atoms with Crippen LogP contribution in [0.5, 0.6) is 5.75 Å². The van der Waals surface area contributed by atoms with Crippen molar-refractivity contribution in [3.05, 3.63) is 42.2 Å². The molecule has 0 radical (unpaired) electrons. The molecule has 166 valence electrons. The summed E-state index contributed by atoms with van der Waals surface area (Å²) in [5, 5.41) is 7.59. The van der Waals surface area contributed by atoms with Crippen LogP contribution in [0.25, 0.3) is 0 Å². The number of aliphatic imine (C=N–C) groups is 1. The molecule has 0 saturated carbocycles. The summed E-state index contributed by atoms with van der Waals surface area (Å²) < 4.78 is 30.5. The van der Waals surface area contributed by atoms with Crippen LogP contribution in [0.15, 0.2) is 46.5 Å². The molecule has 1 atom stereocenters. The van der Waals surface area contributed by atoms with Crippen LogP contribution in [0.4, 0.5) is 0 Å². The molecule has 3 rings (SSSR count). The molecule has 8 nitrogen and oxygen atoms in total. The van der Waals surface area contributed by atoms with E-state index in [1.54, 1.807) is 31.3 Å². The smallest absolute Gasteiger partial charge is 0.193 e. The Morgan fingerprint density at radius 3 is 2.67 bits per heavy atom. The van der Waals surface area contributed by atoms with Crippen molar-refractivity contribution in [2.24, 2.45) is 18.0 Å². The number of hydrogen-bond donors (Lipinski definition) is 1. The largest absolute Gasteiger partial charge is 0.492 e. The van der Waals surface area contributed by atoms with E-state index in [0.29, 0.717) is 29.7 Å². The number of ether oxygens (including phenoxy) is 1. The highest BCUT2D eigenvalue weighted by molar-refractivity contribution is 14.0. The summed E-state index contributed by atoms with van der Waals surface area (Å²) in [4.78, 5) is 6.96. The van der Waals surface area contributed by atoms with Gasteiger partial charge in [-0.05, 0) is 48.6 Å². The van der Waals surface area contributed by atoms with Crippen molar-refractivity contribution in [3.63, 3.8) is 0 Å². The summed E-state index contributed by atoms with van der Waals surface area (Å²) in [6, 6.07) is 6.47. The van der Waals surface area contributed by atoms with E-state index in [9.17, 15) is 8.42 Å². The van der Waals surface area contributed by atoms with Crippen LogP contribution in [0, 0.1) is 5.92 Å². The maximum absolute atomic E-state index is 11.5. The number of benzene rings is 1. The van der Waals surface area contributed by atoms with Gasteiger partial charge >= 0.3 is 0 Å². The van der Waals surface area contributed by atoms with Crippen LogP contribution in [-0.2, 0) is 23.3 Å². The number of aryl methyl sites for hydroxylation is 1. The molecule has 2 aromatic rings. The van der Waals surface area contributed by atoms with Gasteiger partial charge in [0, 0.05) is 39.6 Å². The maximum Gasteiger partial charge on any atom is 0.193 e. The summed E-state index contributed by atoms with van der Waals surface area (Å²) in [7, 11) is 0.550. The molecule has 1 aliphatic rings. The highest BCUT2D eigenvalue weighted by Crippen LogP contribution is 2.20. The van der Waals surface area contributed by atoms with Gasteiger partial charge in [-0.15, -0.1) is 24.0 Å². The van der Waals surface area contributed by atoms with Gasteiger partial charge in [-0.25, -0.2) is 8.42 Å². The summed E-state index contributed by atoms with van der Waals surface area (Å²) in [5.41, 5.74) is 1.28. The molecule has 0 spiro atoms. The van der Waals surface area contributed by atoms with Gasteiger partial charge in [0.05, 0.1) is 17.6 Å². The van der Waals surface area contributed by atoms with Gasteiger partial charge in [0.1, 0.15) is 12.4 Å². The summed E-state index contributed by atoms with van der Waals surface area (Å²) in [5.74, 6) is 2.13. The van der Waals surface area contributed by atoms with Crippen LogP contribution >= 0.6 is 24.0 Å². The number of nitrogens with zero attached hydrogens (tertiary/aromatic N) is 4. The topological polar surface area (TPSA) is 88.8 Å². The minimum Gasteiger partial charge on any atom is -0.492 e. The van der Waals surface area contributed by atoms with Crippen molar-refractivity contribution < 1.29 is 13.2 Å². The van der Waals surface area contributed by atoms with Gasteiger partial charge in [-0.3, -0.25) is 9.67 Å². The lowest BCUT2D eigenvalue weighted by Gasteiger charge is -2.21. The molecule has 1 N–H and O–H groups in total. The molecular weight excluding hydrogens is 517 g/mol. The predicted octanol–water partition coefficient (Wildman–Crippen LogP) is 1.96. The Hall–Kier alpha value is -1.82. The van der Waals surface area contributed by atoms with Gasteiger partial charge in [-0.1, -0.05) is 0 Å². The molecule has 1 aromatic heterocycles. The number of halogens is 1. The lowest BCUT2D eigenvalue weighted by molar-refractivity contribution is 0.319. The van der Waals surface area contributed by atoms with E-state index < -0.39 is 9.84 Å². The third kappa shape index (κ3) is 6.86. The Balaban J connectivity index is 0.00000320. The Morgan fingerprint density at radius 1 is 1.33 bits per heavy atom. The molecule has 30 heavy (non-hydrogen) atoms. The highest BCUT2D eigenvalue weighted by atomic mass is 127. The predicted molar refractivity (Wildman–Crippen MR) is 128 cm³/mol. The number of sulfone groups is 1. The van der Waals surface area contributed by atoms with Gasteiger partial charge in [0.15, 0.2) is 15.8 Å². The van der Waals surface area contributed by atoms with Crippen molar-refractivity contribution in [1.29, 1.82) is 0 Å². The average Bonchev–Trinajstić information content (AvgIpc) is 3.31. The van der Waals surface area contributed by atoms with E-state index in [2.05, 4.69) is 26.5 Å². The zero-order chi connectivity index (χ0) is 20.9. The summed E-state index contributed by atoms with van der Waals surface area (Å²) in [6.07, 6.45) is 7.38. The Morgan fingerprint density at radius 2 is 2.07 bits per heavy atom. The van der Waals surface area contributed by atoms with Crippen LogP contribution in [-0.4, -0.2) is 68.6 Å². The fraction of sp³-hybridized carbons (Fsp3) is 0.500. The second-order valence-corrected chi connectivity index (χ2v) is 9.41. The standard InChI is InChI=1S/C20H29N5O3S.HI/c1-21-20(25-10-8-16(15-25)12-17-13-23-24(2)14-17)22-9-11-28-18-4-6-19(7-5-18)29(3,26)27;/h4-7,13-14,16H,8-12,15H2,1-3H3,(H,21,22);1H. The summed E-state index contributed by atoms with van der Waals surface area (Å²) >= 11 is 0. The second-order valence-electron chi connectivity index (χ2n) is 7.39. The molecule has 0 aliphatic carbocycles. The minimum absolute atomic E-state index is 0. The van der Waals surface area contributed by atoms with E-state index in [-0.39, 0.29) is 24.0 Å². The molecule has 1 aliphatic heterocycles. The first-order chi connectivity index (χ1) is 13.8. The van der Waals surface area contributed by atoms with Gasteiger partial charge in [0.25, 0.3) is 0 Å². The van der Waals surface area contributed by atoms with Crippen molar-refractivity contribution in [3.8, 4) is 5.75 Å².